The molecule has 5 unspecified atom stereocenters. The van der Waals surface area contributed by atoms with Gasteiger partial charge in [-0.3, -0.25) is 4.79 Å². The van der Waals surface area contributed by atoms with Crippen LogP contribution in [0.3, 0.4) is 0 Å². The Bertz CT molecular complexity index is 376. The summed E-state index contributed by atoms with van der Waals surface area (Å²) in [7, 11) is 0. The van der Waals surface area contributed by atoms with Gasteiger partial charge >= 0.3 is 0 Å². The molecule has 0 heterocycles. The summed E-state index contributed by atoms with van der Waals surface area (Å²) in [5.41, 5.74) is 0.212. The fraction of sp³-hybridized carbons (Fsp3) is 0.941. The lowest BCUT2D eigenvalue weighted by atomic mass is 9.54. The van der Waals surface area contributed by atoms with Crippen LogP contribution in [0.5, 0.6) is 0 Å². The molecule has 5 atom stereocenters. The second kappa shape index (κ2) is 5.42. The molecule has 0 N–H and O–H groups in total. The van der Waals surface area contributed by atoms with E-state index in [4.69, 9.17) is 9.47 Å². The summed E-state index contributed by atoms with van der Waals surface area (Å²) in [6.45, 7) is 7.67. The van der Waals surface area contributed by atoms with Crippen LogP contribution >= 0.6 is 0 Å². The molecule has 114 valence electrons. The van der Waals surface area contributed by atoms with E-state index in [1.165, 1.54) is 6.42 Å². The predicted octanol–water partition coefficient (Wildman–Crippen LogP) is 3.42. The van der Waals surface area contributed by atoms with E-state index in [2.05, 4.69) is 20.8 Å². The Morgan fingerprint density at radius 3 is 2.75 bits per heavy atom. The van der Waals surface area contributed by atoms with Gasteiger partial charge in [-0.05, 0) is 49.4 Å². The fourth-order valence-electron chi connectivity index (χ4n) is 4.38. The number of ketones is 1. The molecule has 0 aliphatic heterocycles. The van der Waals surface area contributed by atoms with Gasteiger partial charge in [0.1, 0.15) is 12.6 Å². The summed E-state index contributed by atoms with van der Waals surface area (Å²) in [5, 5.41) is 0. The SMILES string of the molecule is CCC(C)(C)COCOC1C2CC3CC(C2)C(=O)C1C3. The van der Waals surface area contributed by atoms with Crippen molar-refractivity contribution in [2.24, 2.45) is 29.1 Å². The highest BCUT2D eigenvalue weighted by molar-refractivity contribution is 5.86. The summed E-state index contributed by atoms with van der Waals surface area (Å²) >= 11 is 0. The van der Waals surface area contributed by atoms with Crippen molar-refractivity contribution < 1.29 is 14.3 Å². The van der Waals surface area contributed by atoms with Crippen LogP contribution < -0.4 is 0 Å². The predicted molar refractivity (Wildman–Crippen MR) is 77.2 cm³/mol. The van der Waals surface area contributed by atoms with E-state index in [9.17, 15) is 4.79 Å². The third kappa shape index (κ3) is 2.67. The summed E-state index contributed by atoms with van der Waals surface area (Å²) in [4.78, 5) is 12.3. The molecule has 4 rings (SSSR count). The maximum absolute atomic E-state index is 12.3. The Labute approximate surface area is 122 Å². The smallest absolute Gasteiger partial charge is 0.147 e. The van der Waals surface area contributed by atoms with Crippen LogP contribution in [-0.4, -0.2) is 25.3 Å². The Kier molecular flexibility index (Phi) is 3.93. The molecule has 4 fully saturated rings. The van der Waals surface area contributed by atoms with Gasteiger partial charge in [-0.15, -0.1) is 0 Å². The average Bonchev–Trinajstić information content (AvgIpc) is 2.42. The Balaban J connectivity index is 1.50. The van der Waals surface area contributed by atoms with Crippen molar-refractivity contribution in [2.75, 3.05) is 13.4 Å². The lowest BCUT2D eigenvalue weighted by Crippen LogP contribution is -2.55. The minimum atomic E-state index is 0.139. The van der Waals surface area contributed by atoms with E-state index in [0.29, 0.717) is 24.4 Å². The van der Waals surface area contributed by atoms with Gasteiger partial charge in [0.2, 0.25) is 0 Å². The van der Waals surface area contributed by atoms with Crippen LogP contribution in [0, 0.1) is 29.1 Å². The molecule has 4 bridgehead atoms. The van der Waals surface area contributed by atoms with Crippen LogP contribution in [0.2, 0.25) is 0 Å². The molecular formula is C17H28O3. The minimum Gasteiger partial charge on any atom is -0.355 e. The molecule has 4 saturated carbocycles. The minimum absolute atomic E-state index is 0.139. The van der Waals surface area contributed by atoms with Crippen LogP contribution in [-0.2, 0) is 14.3 Å². The number of ether oxygens (including phenoxy) is 2. The lowest BCUT2D eigenvalue weighted by molar-refractivity contribution is -0.186. The molecule has 4 aliphatic rings. The van der Waals surface area contributed by atoms with Crippen LogP contribution in [0.4, 0.5) is 0 Å². The van der Waals surface area contributed by atoms with E-state index in [-0.39, 0.29) is 17.4 Å². The van der Waals surface area contributed by atoms with Crippen molar-refractivity contribution in [1.82, 2.24) is 0 Å². The summed E-state index contributed by atoms with van der Waals surface area (Å²) in [6, 6.07) is 0. The quantitative estimate of drug-likeness (QED) is 0.552. The van der Waals surface area contributed by atoms with Crippen molar-refractivity contribution in [3.8, 4) is 0 Å². The van der Waals surface area contributed by atoms with E-state index >= 15 is 0 Å². The largest absolute Gasteiger partial charge is 0.355 e. The summed E-state index contributed by atoms with van der Waals surface area (Å²) in [6.07, 6.45) is 5.79. The van der Waals surface area contributed by atoms with Gasteiger partial charge in [0.25, 0.3) is 0 Å². The highest BCUT2D eigenvalue weighted by Crippen LogP contribution is 2.52. The number of hydrogen-bond acceptors (Lipinski definition) is 3. The Morgan fingerprint density at radius 2 is 2.00 bits per heavy atom. The number of Topliss-reactive ketones (excluding diaryl/α,β-unsaturated/α-hetero) is 1. The van der Waals surface area contributed by atoms with Crippen LogP contribution in [0.15, 0.2) is 0 Å². The fourth-order valence-corrected chi connectivity index (χ4v) is 4.38. The van der Waals surface area contributed by atoms with E-state index in [1.54, 1.807) is 0 Å². The third-order valence-corrected chi connectivity index (χ3v) is 5.85. The van der Waals surface area contributed by atoms with Crippen molar-refractivity contribution in [1.29, 1.82) is 0 Å². The van der Waals surface area contributed by atoms with Gasteiger partial charge in [-0.25, -0.2) is 0 Å². The Morgan fingerprint density at radius 1 is 1.20 bits per heavy atom. The van der Waals surface area contributed by atoms with Gasteiger partial charge in [0.15, 0.2) is 0 Å². The first-order valence-corrected chi connectivity index (χ1v) is 8.23. The molecule has 0 aromatic heterocycles. The Hall–Kier alpha value is -0.410. The number of carbonyl (C=O) groups excluding carboxylic acids is 1. The maximum atomic E-state index is 12.3. The van der Waals surface area contributed by atoms with Gasteiger partial charge in [0, 0.05) is 11.8 Å². The van der Waals surface area contributed by atoms with Gasteiger partial charge in [-0.1, -0.05) is 20.8 Å². The first kappa shape index (κ1) is 14.5. The van der Waals surface area contributed by atoms with Crippen molar-refractivity contribution in [3.05, 3.63) is 0 Å². The zero-order chi connectivity index (χ0) is 14.3. The lowest BCUT2D eigenvalue weighted by Gasteiger charge is -2.52. The highest BCUT2D eigenvalue weighted by Gasteiger charge is 2.53. The second-order valence-corrected chi connectivity index (χ2v) is 7.89. The molecule has 3 nitrogen and oxygen atoms in total. The topological polar surface area (TPSA) is 35.5 Å². The first-order chi connectivity index (χ1) is 9.50. The zero-order valence-corrected chi connectivity index (χ0v) is 13.1. The number of hydrogen-bond donors (Lipinski definition) is 0. The molecule has 3 heteroatoms. The van der Waals surface area contributed by atoms with Crippen molar-refractivity contribution >= 4 is 5.78 Å². The molecule has 0 aromatic carbocycles. The van der Waals surface area contributed by atoms with Gasteiger partial charge < -0.3 is 9.47 Å². The van der Waals surface area contributed by atoms with Gasteiger partial charge in [-0.2, -0.15) is 0 Å². The summed E-state index contributed by atoms with van der Waals surface area (Å²) in [5.74, 6) is 2.42. The molecule has 0 radical (unpaired) electrons. The standard InChI is InChI=1S/C17H28O3/c1-4-17(2,3)9-19-10-20-16-13-6-11-5-12(8-13)15(18)14(16)7-11/h11-14,16H,4-10H2,1-3H3. The average molecular weight is 280 g/mol. The van der Waals surface area contributed by atoms with Gasteiger partial charge in [0.05, 0.1) is 12.7 Å². The maximum Gasteiger partial charge on any atom is 0.147 e. The normalized spacial score (nSPS) is 39.5. The van der Waals surface area contributed by atoms with Crippen LogP contribution in [0.25, 0.3) is 0 Å². The third-order valence-electron chi connectivity index (χ3n) is 5.85. The summed E-state index contributed by atoms with van der Waals surface area (Å²) < 4.78 is 11.7. The molecule has 20 heavy (non-hydrogen) atoms. The molecular weight excluding hydrogens is 252 g/mol. The van der Waals surface area contributed by atoms with E-state index < -0.39 is 0 Å². The highest BCUT2D eigenvalue weighted by atomic mass is 16.7. The molecule has 4 aliphatic carbocycles. The molecule has 0 saturated heterocycles. The molecule has 0 amide bonds. The van der Waals surface area contributed by atoms with Crippen LogP contribution in [0.1, 0.15) is 52.9 Å². The number of carbonyl (C=O) groups is 1. The monoisotopic (exact) mass is 280 g/mol. The van der Waals surface area contributed by atoms with E-state index in [0.717, 1.165) is 38.2 Å². The molecule has 0 spiro atoms. The zero-order valence-electron chi connectivity index (χ0n) is 13.1. The molecule has 0 aromatic rings. The number of rotatable bonds is 6. The first-order valence-electron chi connectivity index (χ1n) is 8.23. The second-order valence-electron chi connectivity index (χ2n) is 7.89. The van der Waals surface area contributed by atoms with Crippen molar-refractivity contribution in [2.45, 2.75) is 59.0 Å². The van der Waals surface area contributed by atoms with E-state index in [1.807, 2.05) is 0 Å². The van der Waals surface area contributed by atoms with Crippen molar-refractivity contribution in [3.63, 3.8) is 0 Å².